The summed E-state index contributed by atoms with van der Waals surface area (Å²) in [6.07, 6.45) is 8.95. The molecule has 2 heterocycles. The van der Waals surface area contributed by atoms with Gasteiger partial charge in [0.25, 0.3) is 0 Å². The normalized spacial score (nSPS) is 14.3. The molecule has 0 atom stereocenters. The van der Waals surface area contributed by atoms with E-state index in [0.29, 0.717) is 0 Å². The second kappa shape index (κ2) is 11.8. The maximum absolute atomic E-state index is 5.33. The number of halogens is 1. The number of rotatable bonds is 7. The van der Waals surface area contributed by atoms with Crippen molar-refractivity contribution >= 4 is 29.9 Å². The van der Waals surface area contributed by atoms with E-state index in [1.807, 2.05) is 24.0 Å². The molecule has 0 spiro atoms. The first-order valence-corrected chi connectivity index (χ1v) is 9.14. The first-order valence-electron chi connectivity index (χ1n) is 9.14. The second-order valence-electron chi connectivity index (χ2n) is 6.23. The molecule has 2 N–H and O–H groups in total. The van der Waals surface area contributed by atoms with Crippen molar-refractivity contribution in [1.29, 1.82) is 0 Å². The van der Waals surface area contributed by atoms with E-state index in [2.05, 4.69) is 51.1 Å². The zero-order valence-corrected chi connectivity index (χ0v) is 18.1. The van der Waals surface area contributed by atoms with Crippen LogP contribution in [0.25, 0.3) is 5.69 Å². The fourth-order valence-electron chi connectivity index (χ4n) is 2.92. The number of hydrogen-bond donors (Lipinski definition) is 2. The van der Waals surface area contributed by atoms with E-state index in [1.165, 1.54) is 11.1 Å². The molecule has 0 saturated carbocycles. The average molecular weight is 481 g/mol. The summed E-state index contributed by atoms with van der Waals surface area (Å²) in [7, 11) is 1.81. The Labute approximate surface area is 178 Å². The second-order valence-corrected chi connectivity index (χ2v) is 6.23. The number of benzene rings is 1. The molecule has 0 amide bonds. The van der Waals surface area contributed by atoms with Gasteiger partial charge in [-0.2, -0.15) is 5.10 Å². The number of nitrogens with one attached hydrogen (secondary N) is 2. The van der Waals surface area contributed by atoms with Gasteiger partial charge in [0, 0.05) is 32.5 Å². The van der Waals surface area contributed by atoms with Crippen molar-refractivity contribution < 1.29 is 4.74 Å². The third-order valence-corrected chi connectivity index (χ3v) is 4.43. The molecule has 1 aliphatic heterocycles. The van der Waals surface area contributed by atoms with Crippen LogP contribution in [0.15, 0.2) is 59.4 Å². The average Bonchev–Trinajstić information content (AvgIpc) is 3.23. The number of aromatic nitrogens is 2. The Hall–Kier alpha value is -1.87. The Kier molecular flexibility index (Phi) is 9.34. The molecule has 1 aromatic heterocycles. The predicted molar refractivity (Wildman–Crippen MR) is 120 cm³/mol. The van der Waals surface area contributed by atoms with Crippen LogP contribution >= 0.6 is 24.0 Å². The lowest BCUT2D eigenvalue weighted by Gasteiger charge is -2.15. The van der Waals surface area contributed by atoms with Gasteiger partial charge in [0.05, 0.1) is 18.9 Å². The summed E-state index contributed by atoms with van der Waals surface area (Å²) in [6.45, 7) is 3.33. The summed E-state index contributed by atoms with van der Waals surface area (Å²) in [6, 6.07) is 10.4. The van der Waals surface area contributed by atoms with Crippen molar-refractivity contribution in [1.82, 2.24) is 20.4 Å². The van der Waals surface area contributed by atoms with Crippen LogP contribution in [0.1, 0.15) is 18.4 Å². The minimum absolute atomic E-state index is 0. The largest absolute Gasteiger partial charge is 0.377 e. The van der Waals surface area contributed by atoms with Gasteiger partial charge >= 0.3 is 0 Å². The molecule has 146 valence electrons. The van der Waals surface area contributed by atoms with E-state index in [9.17, 15) is 0 Å². The van der Waals surface area contributed by atoms with Gasteiger partial charge < -0.3 is 15.4 Å². The molecule has 7 heteroatoms. The van der Waals surface area contributed by atoms with Gasteiger partial charge in [0.15, 0.2) is 5.96 Å². The summed E-state index contributed by atoms with van der Waals surface area (Å²) in [5, 5.41) is 11.0. The minimum atomic E-state index is 0. The maximum Gasteiger partial charge on any atom is 0.190 e. The number of nitrogens with zero attached hydrogens (tertiary/aromatic N) is 3. The summed E-state index contributed by atoms with van der Waals surface area (Å²) >= 11 is 0. The molecule has 3 rings (SSSR count). The molecule has 2 aromatic rings. The third kappa shape index (κ3) is 6.99. The Morgan fingerprint density at radius 1 is 1.19 bits per heavy atom. The monoisotopic (exact) mass is 481 g/mol. The van der Waals surface area contributed by atoms with Crippen LogP contribution in [-0.4, -0.2) is 49.1 Å². The zero-order chi connectivity index (χ0) is 18.0. The molecule has 27 heavy (non-hydrogen) atoms. The van der Waals surface area contributed by atoms with Crippen LogP contribution in [0.2, 0.25) is 0 Å². The van der Waals surface area contributed by atoms with E-state index < -0.39 is 0 Å². The van der Waals surface area contributed by atoms with E-state index in [-0.39, 0.29) is 24.0 Å². The Morgan fingerprint density at radius 3 is 2.59 bits per heavy atom. The number of ether oxygens (including phenoxy) is 1. The molecule has 0 unspecified atom stereocenters. The van der Waals surface area contributed by atoms with Crippen LogP contribution < -0.4 is 10.6 Å². The molecule has 0 saturated heterocycles. The quantitative estimate of drug-likeness (QED) is 0.276. The first kappa shape index (κ1) is 21.4. The van der Waals surface area contributed by atoms with Crippen molar-refractivity contribution in [2.75, 3.05) is 33.4 Å². The standard InChI is InChI=1S/C20H27N5O.HI/c1-21-20(23-13-8-18-9-15-26-16-10-18)22-12-7-17-3-5-19(6-4-17)25-14-2-11-24-25;/h2-6,9,11,14H,7-8,10,12-13,15-16H2,1H3,(H2,21,22,23);1H. The van der Waals surface area contributed by atoms with Gasteiger partial charge in [-0.3, -0.25) is 4.99 Å². The van der Waals surface area contributed by atoms with E-state index in [1.54, 1.807) is 6.20 Å². The van der Waals surface area contributed by atoms with Gasteiger partial charge in [-0.1, -0.05) is 23.8 Å². The van der Waals surface area contributed by atoms with Crippen molar-refractivity contribution in [2.24, 2.45) is 4.99 Å². The van der Waals surface area contributed by atoms with Crippen LogP contribution in [0.5, 0.6) is 0 Å². The molecular weight excluding hydrogens is 453 g/mol. The number of aliphatic imine (C=N–C) groups is 1. The third-order valence-electron chi connectivity index (χ3n) is 4.43. The predicted octanol–water partition coefficient (Wildman–Crippen LogP) is 2.93. The number of guanidine groups is 1. The lowest BCUT2D eigenvalue weighted by atomic mass is 10.1. The molecule has 6 nitrogen and oxygen atoms in total. The van der Waals surface area contributed by atoms with Crippen LogP contribution in [0, 0.1) is 0 Å². The maximum atomic E-state index is 5.33. The Bertz CT molecular complexity index is 725. The molecule has 1 aromatic carbocycles. The van der Waals surface area contributed by atoms with E-state index >= 15 is 0 Å². The highest BCUT2D eigenvalue weighted by Crippen LogP contribution is 2.11. The lowest BCUT2D eigenvalue weighted by molar-refractivity contribution is 0.153. The van der Waals surface area contributed by atoms with Crippen molar-refractivity contribution in [3.63, 3.8) is 0 Å². The highest BCUT2D eigenvalue weighted by atomic mass is 127. The Balaban J connectivity index is 0.00000261. The van der Waals surface area contributed by atoms with Crippen LogP contribution in [0.4, 0.5) is 0 Å². The molecule has 0 bridgehead atoms. The van der Waals surface area contributed by atoms with Crippen molar-refractivity contribution in [3.8, 4) is 5.69 Å². The summed E-state index contributed by atoms with van der Waals surface area (Å²) in [5.41, 5.74) is 3.83. The minimum Gasteiger partial charge on any atom is -0.377 e. The molecule has 0 fully saturated rings. The van der Waals surface area contributed by atoms with Gasteiger partial charge in [-0.15, -0.1) is 24.0 Å². The summed E-state index contributed by atoms with van der Waals surface area (Å²) in [5.74, 6) is 0.853. The van der Waals surface area contributed by atoms with Gasteiger partial charge in [0.1, 0.15) is 0 Å². The molecule has 1 aliphatic rings. The molecule has 0 aliphatic carbocycles. The van der Waals surface area contributed by atoms with E-state index in [0.717, 1.165) is 57.2 Å². The highest BCUT2D eigenvalue weighted by Gasteiger charge is 2.04. The summed E-state index contributed by atoms with van der Waals surface area (Å²) in [4.78, 5) is 4.29. The molecular formula is C20H28IN5O. The lowest BCUT2D eigenvalue weighted by Crippen LogP contribution is -2.38. The smallest absolute Gasteiger partial charge is 0.190 e. The van der Waals surface area contributed by atoms with Crippen LogP contribution in [0.3, 0.4) is 0 Å². The number of hydrogen-bond acceptors (Lipinski definition) is 3. The summed E-state index contributed by atoms with van der Waals surface area (Å²) < 4.78 is 7.20. The van der Waals surface area contributed by atoms with Crippen LogP contribution in [-0.2, 0) is 11.2 Å². The van der Waals surface area contributed by atoms with Crippen molar-refractivity contribution in [3.05, 3.63) is 59.9 Å². The topological polar surface area (TPSA) is 63.5 Å². The van der Waals surface area contributed by atoms with Crippen molar-refractivity contribution in [2.45, 2.75) is 19.3 Å². The van der Waals surface area contributed by atoms with E-state index in [4.69, 9.17) is 4.74 Å². The Morgan fingerprint density at radius 2 is 1.96 bits per heavy atom. The zero-order valence-electron chi connectivity index (χ0n) is 15.7. The first-order chi connectivity index (χ1) is 12.8. The molecule has 0 radical (unpaired) electrons. The fourth-order valence-corrected chi connectivity index (χ4v) is 2.92. The van der Waals surface area contributed by atoms with Gasteiger partial charge in [-0.05, 0) is 43.0 Å². The SMILES string of the molecule is CN=C(NCCC1=CCOCC1)NCCc1ccc(-n2cccn2)cc1.I. The highest BCUT2D eigenvalue weighted by molar-refractivity contribution is 14.0. The fraction of sp³-hybridized carbons (Fsp3) is 0.400. The van der Waals surface area contributed by atoms with Gasteiger partial charge in [0.2, 0.25) is 0 Å². The van der Waals surface area contributed by atoms with Gasteiger partial charge in [-0.25, -0.2) is 4.68 Å².